The molecule has 0 aromatic rings. The van der Waals surface area contributed by atoms with Crippen LogP contribution in [0.4, 0.5) is 0 Å². The lowest BCUT2D eigenvalue weighted by molar-refractivity contribution is -0.123. The summed E-state index contributed by atoms with van der Waals surface area (Å²) in [5, 5.41) is 11.2. The Morgan fingerprint density at radius 1 is 0.833 bits per heavy atom. The summed E-state index contributed by atoms with van der Waals surface area (Å²) < 4.78 is 11.8. The minimum atomic E-state index is -1.53. The summed E-state index contributed by atoms with van der Waals surface area (Å²) in [7, 11) is -3.05. The van der Waals surface area contributed by atoms with E-state index in [9.17, 15) is 5.21 Å². The summed E-state index contributed by atoms with van der Waals surface area (Å²) in [5.74, 6) is 0. The molecule has 2 atom stereocenters. The number of hydrogen-bond acceptors (Lipinski definition) is 4. The first-order valence-electron chi connectivity index (χ1n) is 6.68. The van der Waals surface area contributed by atoms with Crippen molar-refractivity contribution in [2.45, 2.75) is 65.3 Å². The van der Waals surface area contributed by atoms with Gasteiger partial charge in [0.25, 0.3) is 0 Å². The number of hydroxylamine groups is 2. The lowest BCUT2D eigenvalue weighted by Crippen LogP contribution is -2.42. The third-order valence-corrected chi connectivity index (χ3v) is 4.26. The quantitative estimate of drug-likeness (QED) is 0.551. The van der Waals surface area contributed by atoms with E-state index >= 15 is 0 Å². The van der Waals surface area contributed by atoms with E-state index in [2.05, 4.69) is 39.3 Å². The van der Waals surface area contributed by atoms with Crippen molar-refractivity contribution in [3.8, 4) is 0 Å². The number of rotatable bonds is 8. The molecule has 0 fully saturated rings. The minimum Gasteiger partial charge on any atom is -0.414 e. The molecule has 4 nitrogen and oxygen atoms in total. The Hall–Kier alpha value is 0.274. The van der Waals surface area contributed by atoms with Crippen molar-refractivity contribution in [3.05, 3.63) is 0 Å². The van der Waals surface area contributed by atoms with E-state index in [0.717, 1.165) is 0 Å². The average molecular weight is 294 g/mol. The first-order chi connectivity index (χ1) is 7.89. The zero-order chi connectivity index (χ0) is 14.6. The second-order valence-electron chi connectivity index (χ2n) is 6.95. The van der Waals surface area contributed by atoms with Crippen LogP contribution in [0.25, 0.3) is 0 Å². The third kappa shape index (κ3) is 11.4. The maximum absolute atomic E-state index is 9.89. The Kier molecular flexibility index (Phi) is 7.27. The largest absolute Gasteiger partial charge is 0.414 e. The van der Waals surface area contributed by atoms with Crippen LogP contribution in [0.3, 0.4) is 0 Å². The van der Waals surface area contributed by atoms with Gasteiger partial charge >= 0.3 is 0 Å². The molecule has 0 aliphatic rings. The minimum absolute atomic E-state index is 0.0562. The average Bonchev–Trinajstić information content (AvgIpc) is 1.92. The molecule has 0 amide bonds. The normalized spacial score (nSPS) is 17.0. The Bertz CT molecular complexity index is 214. The van der Waals surface area contributed by atoms with Crippen LogP contribution < -0.4 is 0 Å². The van der Waals surface area contributed by atoms with Gasteiger partial charge in [-0.05, 0) is 53.1 Å². The molecule has 0 aliphatic carbocycles. The summed E-state index contributed by atoms with van der Waals surface area (Å²) in [4.78, 5) is 0. The summed E-state index contributed by atoms with van der Waals surface area (Å²) in [6, 6.07) is 0. The van der Waals surface area contributed by atoms with Gasteiger partial charge in [0.05, 0.1) is 12.2 Å². The smallest absolute Gasteiger partial charge is 0.184 e. The first-order valence-corrected chi connectivity index (χ1v) is 13.5. The summed E-state index contributed by atoms with van der Waals surface area (Å²) in [5.41, 5.74) is 0. The highest BCUT2D eigenvalue weighted by Gasteiger charge is 2.22. The second-order valence-corrected chi connectivity index (χ2v) is 15.9. The Morgan fingerprint density at radius 2 is 1.11 bits per heavy atom. The summed E-state index contributed by atoms with van der Waals surface area (Å²) >= 11 is 0. The highest BCUT2D eigenvalue weighted by atomic mass is 28.4. The van der Waals surface area contributed by atoms with Gasteiger partial charge in [-0.2, -0.15) is 5.06 Å². The monoisotopic (exact) mass is 293 g/mol. The van der Waals surface area contributed by atoms with Crippen molar-refractivity contribution in [2.24, 2.45) is 0 Å². The van der Waals surface area contributed by atoms with Crippen LogP contribution in [0.15, 0.2) is 0 Å². The maximum atomic E-state index is 9.89. The van der Waals surface area contributed by atoms with Crippen molar-refractivity contribution in [1.29, 1.82) is 0 Å². The number of nitrogens with zero attached hydrogens (tertiary/aromatic N) is 1. The lowest BCUT2D eigenvalue weighted by Gasteiger charge is -2.29. The van der Waals surface area contributed by atoms with E-state index in [1.165, 1.54) is 5.06 Å². The van der Waals surface area contributed by atoms with Gasteiger partial charge in [0.1, 0.15) is 0 Å². The molecule has 0 aromatic heterocycles. The Balaban J connectivity index is 4.00. The van der Waals surface area contributed by atoms with Crippen LogP contribution in [-0.2, 0) is 8.85 Å². The Labute approximate surface area is 114 Å². The fourth-order valence-electron chi connectivity index (χ4n) is 1.95. The molecule has 0 radical (unpaired) electrons. The van der Waals surface area contributed by atoms with Gasteiger partial charge in [-0.15, -0.1) is 0 Å². The van der Waals surface area contributed by atoms with Crippen molar-refractivity contribution < 1.29 is 14.1 Å². The van der Waals surface area contributed by atoms with Crippen molar-refractivity contribution in [2.75, 3.05) is 13.1 Å². The molecule has 0 bridgehead atoms. The highest BCUT2D eigenvalue weighted by molar-refractivity contribution is 6.70. The molecular weight excluding hydrogens is 262 g/mol. The van der Waals surface area contributed by atoms with Crippen LogP contribution in [0.1, 0.15) is 13.8 Å². The van der Waals surface area contributed by atoms with E-state index in [1.807, 2.05) is 13.8 Å². The van der Waals surface area contributed by atoms with E-state index in [4.69, 9.17) is 8.85 Å². The van der Waals surface area contributed by atoms with E-state index < -0.39 is 16.6 Å². The van der Waals surface area contributed by atoms with E-state index in [1.54, 1.807) is 0 Å². The van der Waals surface area contributed by atoms with Gasteiger partial charge in [-0.25, -0.2) is 0 Å². The number of hydrogen-bond donors (Lipinski definition) is 1. The van der Waals surface area contributed by atoms with Gasteiger partial charge in [0.2, 0.25) is 0 Å². The van der Waals surface area contributed by atoms with Gasteiger partial charge < -0.3 is 14.1 Å². The van der Waals surface area contributed by atoms with Crippen molar-refractivity contribution in [1.82, 2.24) is 5.06 Å². The summed E-state index contributed by atoms with van der Waals surface area (Å²) in [6.07, 6.45) is 0.112. The van der Waals surface area contributed by atoms with Gasteiger partial charge in [-0.3, -0.25) is 0 Å². The third-order valence-electron chi connectivity index (χ3n) is 2.05. The van der Waals surface area contributed by atoms with Crippen LogP contribution >= 0.6 is 0 Å². The molecule has 0 aromatic carbocycles. The van der Waals surface area contributed by atoms with E-state index in [-0.39, 0.29) is 12.2 Å². The molecule has 2 unspecified atom stereocenters. The van der Waals surface area contributed by atoms with Gasteiger partial charge in [0, 0.05) is 13.1 Å². The van der Waals surface area contributed by atoms with Crippen molar-refractivity contribution >= 4 is 16.6 Å². The van der Waals surface area contributed by atoms with Crippen LogP contribution in [0, 0.1) is 0 Å². The van der Waals surface area contributed by atoms with Gasteiger partial charge in [-0.1, -0.05) is 0 Å². The molecule has 1 N–H and O–H groups in total. The van der Waals surface area contributed by atoms with Crippen LogP contribution in [0.2, 0.25) is 39.3 Å². The molecular formula is C12H31NO3Si2. The molecule has 0 aliphatic heterocycles. The highest BCUT2D eigenvalue weighted by Crippen LogP contribution is 2.10. The molecule has 110 valence electrons. The maximum Gasteiger partial charge on any atom is 0.184 e. The van der Waals surface area contributed by atoms with Crippen LogP contribution in [0.5, 0.6) is 0 Å². The summed E-state index contributed by atoms with van der Waals surface area (Å²) in [6.45, 7) is 18.0. The molecule has 0 heterocycles. The van der Waals surface area contributed by atoms with Crippen molar-refractivity contribution in [3.63, 3.8) is 0 Å². The molecule has 0 spiro atoms. The fourth-order valence-corrected chi connectivity index (χ4v) is 4.51. The van der Waals surface area contributed by atoms with E-state index in [0.29, 0.717) is 13.1 Å². The molecule has 18 heavy (non-hydrogen) atoms. The van der Waals surface area contributed by atoms with Gasteiger partial charge in [0.15, 0.2) is 16.6 Å². The topological polar surface area (TPSA) is 41.9 Å². The fraction of sp³-hybridized carbons (Fsp3) is 1.00. The predicted molar refractivity (Wildman–Crippen MR) is 81.1 cm³/mol. The second kappa shape index (κ2) is 7.16. The Morgan fingerprint density at radius 3 is 1.33 bits per heavy atom. The molecule has 0 saturated carbocycles. The zero-order valence-corrected chi connectivity index (χ0v) is 15.3. The standard InChI is InChI=1S/C12H31NO3Si2/c1-11(15-17(3,4)5)9-13(14)10-12(2)16-18(6,7)8/h11-12,14H,9-10H2,1-8H3. The zero-order valence-electron chi connectivity index (χ0n) is 13.3. The SMILES string of the molecule is CC(CN(O)CC(C)O[Si](C)(C)C)O[Si](C)(C)C. The molecule has 0 rings (SSSR count). The molecule has 0 saturated heterocycles. The lowest BCUT2D eigenvalue weighted by atomic mass is 10.3. The predicted octanol–water partition coefficient (Wildman–Crippen LogP) is 3.16. The first kappa shape index (κ1) is 18.3. The van der Waals surface area contributed by atoms with Crippen LogP contribution in [-0.4, -0.2) is 52.2 Å². The molecule has 6 heteroatoms.